The Morgan fingerprint density at radius 2 is 1.64 bits per heavy atom. The third-order valence-corrected chi connectivity index (χ3v) is 5.42. The van der Waals surface area contributed by atoms with Gasteiger partial charge in [0.15, 0.2) is 17.5 Å². The summed E-state index contributed by atoms with van der Waals surface area (Å²) < 4.78 is 40.3. The van der Waals surface area contributed by atoms with E-state index in [1.165, 1.54) is 0 Å². The molecule has 180 valence electrons. The molecule has 0 radical (unpaired) electrons. The molecule has 2 heterocycles. The number of amides is 3. The van der Waals surface area contributed by atoms with Gasteiger partial charge in [-0.15, -0.1) is 0 Å². The Morgan fingerprint density at radius 3 is 2.44 bits per heavy atom. The topological polar surface area (TPSA) is 98.1 Å². The van der Waals surface area contributed by atoms with Crippen LogP contribution >= 0.6 is 0 Å². The standard InChI is InChI=1S/C26H18F3N5O2/c27-20-8-9-21(24(29)23(20)28)34-26(36)32-16-4-1-3-15(11-16)31-17-6-7-18-19(12-14-5-2-10-30-14)25(35)33-22(18)13-17/h1-13,30-31H,(H,33,35)(H2,32,34,36). The van der Waals surface area contributed by atoms with E-state index in [4.69, 9.17) is 0 Å². The molecule has 1 aromatic heterocycles. The van der Waals surface area contributed by atoms with Crippen LogP contribution in [0.3, 0.4) is 0 Å². The Kier molecular flexibility index (Phi) is 5.91. The van der Waals surface area contributed by atoms with Gasteiger partial charge in [0.2, 0.25) is 0 Å². The van der Waals surface area contributed by atoms with E-state index in [2.05, 4.69) is 26.3 Å². The second-order valence-electron chi connectivity index (χ2n) is 7.91. The molecule has 0 fully saturated rings. The van der Waals surface area contributed by atoms with Gasteiger partial charge in [-0.05, 0) is 60.7 Å². The summed E-state index contributed by atoms with van der Waals surface area (Å²) in [5, 5.41) is 10.7. The van der Waals surface area contributed by atoms with E-state index in [0.29, 0.717) is 28.3 Å². The van der Waals surface area contributed by atoms with Crippen molar-refractivity contribution in [3.63, 3.8) is 0 Å². The second-order valence-corrected chi connectivity index (χ2v) is 7.91. The number of halogens is 3. The average molecular weight is 489 g/mol. The van der Waals surface area contributed by atoms with Gasteiger partial charge >= 0.3 is 6.03 Å². The lowest BCUT2D eigenvalue weighted by Crippen LogP contribution is -2.20. The van der Waals surface area contributed by atoms with Crippen LogP contribution in [0, 0.1) is 17.5 Å². The van der Waals surface area contributed by atoms with Gasteiger partial charge in [0, 0.05) is 34.5 Å². The number of H-pyrrole nitrogens is 1. The van der Waals surface area contributed by atoms with Crippen molar-refractivity contribution in [3.8, 4) is 0 Å². The third kappa shape index (κ3) is 4.64. The minimum absolute atomic E-state index is 0.202. The Hall–Kier alpha value is -4.99. The molecule has 10 heteroatoms. The van der Waals surface area contributed by atoms with E-state index in [9.17, 15) is 22.8 Å². The summed E-state index contributed by atoms with van der Waals surface area (Å²) in [6.45, 7) is 0. The predicted octanol–water partition coefficient (Wildman–Crippen LogP) is 6.31. The van der Waals surface area contributed by atoms with Crippen LogP contribution in [-0.4, -0.2) is 16.9 Å². The molecular formula is C26H18F3N5O2. The largest absolute Gasteiger partial charge is 0.362 e. The van der Waals surface area contributed by atoms with Crippen LogP contribution in [0.4, 0.5) is 46.4 Å². The molecule has 0 aliphatic carbocycles. The van der Waals surface area contributed by atoms with Crippen LogP contribution in [0.25, 0.3) is 11.6 Å². The Bertz CT molecular complexity index is 1520. The number of nitrogens with one attached hydrogen (secondary N) is 5. The average Bonchev–Trinajstić information content (AvgIpc) is 3.47. The van der Waals surface area contributed by atoms with Crippen molar-refractivity contribution in [3.05, 3.63) is 102 Å². The van der Waals surface area contributed by atoms with E-state index in [1.807, 2.05) is 24.3 Å². The van der Waals surface area contributed by atoms with Gasteiger partial charge in [0.05, 0.1) is 16.9 Å². The molecule has 3 aromatic carbocycles. The van der Waals surface area contributed by atoms with Crippen molar-refractivity contribution in [2.75, 3.05) is 21.3 Å². The third-order valence-electron chi connectivity index (χ3n) is 5.42. The minimum Gasteiger partial charge on any atom is -0.362 e. The fourth-order valence-electron chi connectivity index (χ4n) is 3.75. The highest BCUT2D eigenvalue weighted by atomic mass is 19.2. The first-order valence-corrected chi connectivity index (χ1v) is 10.8. The predicted molar refractivity (Wildman–Crippen MR) is 132 cm³/mol. The van der Waals surface area contributed by atoms with Gasteiger partial charge in [0.25, 0.3) is 5.91 Å². The summed E-state index contributed by atoms with van der Waals surface area (Å²) in [7, 11) is 0. The summed E-state index contributed by atoms with van der Waals surface area (Å²) in [5.74, 6) is -4.71. The van der Waals surface area contributed by atoms with Crippen molar-refractivity contribution >= 4 is 52.0 Å². The number of carbonyl (C=O) groups is 2. The highest BCUT2D eigenvalue weighted by molar-refractivity contribution is 6.35. The summed E-state index contributed by atoms with van der Waals surface area (Å²) in [6, 6.07) is 16.6. The zero-order chi connectivity index (χ0) is 25.2. The fraction of sp³-hybridized carbons (Fsp3) is 0. The van der Waals surface area contributed by atoms with E-state index < -0.39 is 29.2 Å². The molecule has 0 saturated heterocycles. The SMILES string of the molecule is O=C(Nc1cccc(Nc2ccc3c(c2)NC(=O)C3=Cc2ccc[nH]2)c1)Nc1ccc(F)c(F)c1F. The fourth-order valence-corrected chi connectivity index (χ4v) is 3.75. The van der Waals surface area contributed by atoms with Gasteiger partial charge in [-0.3, -0.25) is 4.79 Å². The van der Waals surface area contributed by atoms with E-state index >= 15 is 0 Å². The molecule has 0 spiro atoms. The van der Waals surface area contributed by atoms with Gasteiger partial charge in [0.1, 0.15) is 0 Å². The van der Waals surface area contributed by atoms with E-state index in [0.717, 1.165) is 23.4 Å². The molecule has 3 amide bonds. The first kappa shape index (κ1) is 22.8. The normalized spacial score (nSPS) is 13.3. The van der Waals surface area contributed by atoms with Crippen molar-refractivity contribution in [2.45, 2.75) is 0 Å². The van der Waals surface area contributed by atoms with Crippen LogP contribution < -0.4 is 21.3 Å². The summed E-state index contributed by atoms with van der Waals surface area (Å²) in [6.07, 6.45) is 3.56. The monoisotopic (exact) mass is 489 g/mol. The van der Waals surface area contributed by atoms with Crippen LogP contribution in [0.15, 0.2) is 72.9 Å². The van der Waals surface area contributed by atoms with Crippen LogP contribution in [0.5, 0.6) is 0 Å². The van der Waals surface area contributed by atoms with Gasteiger partial charge in [-0.25, -0.2) is 18.0 Å². The second kappa shape index (κ2) is 9.34. The smallest absolute Gasteiger partial charge is 0.323 e. The molecule has 5 rings (SSSR count). The molecular weight excluding hydrogens is 471 g/mol. The molecule has 0 atom stereocenters. The number of anilines is 5. The number of hydrogen-bond donors (Lipinski definition) is 5. The number of rotatable bonds is 5. The minimum atomic E-state index is -1.67. The molecule has 7 nitrogen and oxygen atoms in total. The number of urea groups is 1. The van der Waals surface area contributed by atoms with Crippen molar-refractivity contribution in [2.24, 2.45) is 0 Å². The van der Waals surface area contributed by atoms with Gasteiger partial charge in [-0.1, -0.05) is 12.1 Å². The van der Waals surface area contributed by atoms with Gasteiger partial charge < -0.3 is 26.3 Å². The molecule has 1 aliphatic heterocycles. The van der Waals surface area contributed by atoms with Crippen molar-refractivity contribution in [1.29, 1.82) is 0 Å². The maximum absolute atomic E-state index is 13.8. The van der Waals surface area contributed by atoms with Crippen LogP contribution in [0.1, 0.15) is 11.3 Å². The first-order chi connectivity index (χ1) is 17.4. The van der Waals surface area contributed by atoms with E-state index in [-0.39, 0.29) is 5.91 Å². The molecule has 4 aromatic rings. The first-order valence-electron chi connectivity index (χ1n) is 10.8. The summed E-state index contributed by atoms with van der Waals surface area (Å²) in [5.41, 5.74) is 3.99. The van der Waals surface area contributed by atoms with Crippen molar-refractivity contribution < 1.29 is 22.8 Å². The highest BCUT2D eigenvalue weighted by Gasteiger charge is 2.24. The number of fused-ring (bicyclic) bond motifs is 1. The molecule has 5 N–H and O–H groups in total. The molecule has 0 bridgehead atoms. The van der Waals surface area contributed by atoms with Crippen LogP contribution in [-0.2, 0) is 4.79 Å². The zero-order valence-electron chi connectivity index (χ0n) is 18.5. The lowest BCUT2D eigenvalue weighted by molar-refractivity contribution is -0.110. The number of benzene rings is 3. The quantitative estimate of drug-likeness (QED) is 0.168. The van der Waals surface area contributed by atoms with E-state index in [1.54, 1.807) is 42.6 Å². The highest BCUT2D eigenvalue weighted by Crippen LogP contribution is 2.35. The molecule has 36 heavy (non-hydrogen) atoms. The Labute approximate surface area is 203 Å². The lowest BCUT2D eigenvalue weighted by atomic mass is 10.1. The zero-order valence-corrected chi connectivity index (χ0v) is 18.5. The Balaban J connectivity index is 1.28. The van der Waals surface area contributed by atoms with Crippen LogP contribution in [0.2, 0.25) is 0 Å². The number of carbonyl (C=O) groups excluding carboxylic acids is 2. The van der Waals surface area contributed by atoms with Gasteiger partial charge in [-0.2, -0.15) is 0 Å². The molecule has 0 saturated carbocycles. The maximum Gasteiger partial charge on any atom is 0.323 e. The number of aromatic amines is 1. The molecule has 0 unspecified atom stereocenters. The summed E-state index contributed by atoms with van der Waals surface area (Å²) >= 11 is 0. The number of hydrogen-bond acceptors (Lipinski definition) is 3. The lowest BCUT2D eigenvalue weighted by Gasteiger charge is -2.12. The maximum atomic E-state index is 13.8. The summed E-state index contributed by atoms with van der Waals surface area (Å²) in [4.78, 5) is 27.7. The van der Waals surface area contributed by atoms with Crippen molar-refractivity contribution in [1.82, 2.24) is 4.98 Å². The number of aromatic nitrogens is 1. The Morgan fingerprint density at radius 1 is 0.833 bits per heavy atom. The molecule has 1 aliphatic rings.